The first-order valence-corrected chi connectivity index (χ1v) is 3.81. The van der Waals surface area contributed by atoms with Gasteiger partial charge in [0.2, 0.25) is 0 Å². The van der Waals surface area contributed by atoms with Crippen LogP contribution in [0, 0.1) is 0 Å². The molecule has 0 unspecified atom stereocenters. The summed E-state index contributed by atoms with van der Waals surface area (Å²) in [5, 5.41) is 5.17. The number of amides is 1. The van der Waals surface area contributed by atoms with E-state index in [-0.39, 0.29) is 13.2 Å². The molecule has 0 bridgehead atoms. The molecule has 0 saturated carbocycles. The monoisotopic (exact) mass is 200 g/mol. The quantitative estimate of drug-likeness (QED) is 0.174. The van der Waals surface area contributed by atoms with Gasteiger partial charge in [-0.1, -0.05) is 11.7 Å². The number of hydrogen-bond acceptors (Lipinski definition) is 5. The molecule has 0 aliphatic heterocycles. The summed E-state index contributed by atoms with van der Waals surface area (Å²) in [4.78, 5) is 25.5. The molecular formula is C8H12N2O4. The lowest BCUT2D eigenvalue weighted by Gasteiger charge is -2.04. The van der Waals surface area contributed by atoms with E-state index in [1.807, 2.05) is 0 Å². The van der Waals surface area contributed by atoms with Gasteiger partial charge in [-0.25, -0.2) is 9.59 Å². The van der Waals surface area contributed by atoms with Crippen molar-refractivity contribution in [3.05, 3.63) is 12.2 Å². The van der Waals surface area contributed by atoms with Gasteiger partial charge >= 0.3 is 12.1 Å². The number of ether oxygens (including phenoxy) is 1. The normalized spacial score (nSPS) is 8.64. The van der Waals surface area contributed by atoms with Crippen LogP contribution in [-0.4, -0.2) is 31.9 Å². The molecular weight excluding hydrogens is 188 g/mol. The Morgan fingerprint density at radius 1 is 1.50 bits per heavy atom. The smallest absolute Gasteiger partial charge is 0.433 e. The molecule has 0 aromatic carbocycles. The minimum absolute atomic E-state index is 0.0535. The molecule has 14 heavy (non-hydrogen) atoms. The van der Waals surface area contributed by atoms with Crippen LogP contribution in [0.5, 0.6) is 0 Å². The molecule has 0 aromatic heterocycles. The molecule has 0 rings (SSSR count). The minimum Gasteiger partial charge on any atom is -0.460 e. The van der Waals surface area contributed by atoms with E-state index in [0.29, 0.717) is 5.57 Å². The molecule has 0 aliphatic rings. The highest BCUT2D eigenvalue weighted by molar-refractivity contribution is 5.86. The number of oxime groups is 1. The molecule has 1 amide bonds. The molecule has 0 fully saturated rings. The van der Waals surface area contributed by atoms with Crippen molar-refractivity contribution >= 4 is 18.8 Å². The van der Waals surface area contributed by atoms with E-state index in [2.05, 4.69) is 33.3 Å². The van der Waals surface area contributed by atoms with Gasteiger partial charge in [0.25, 0.3) is 0 Å². The minimum atomic E-state index is -0.744. The lowest BCUT2D eigenvalue weighted by atomic mass is 10.4. The van der Waals surface area contributed by atoms with E-state index < -0.39 is 12.1 Å². The zero-order valence-corrected chi connectivity index (χ0v) is 7.91. The molecule has 0 radical (unpaired) electrons. The van der Waals surface area contributed by atoms with E-state index in [9.17, 15) is 9.59 Å². The molecule has 0 aliphatic carbocycles. The SMILES string of the molecule is C=NOC(=O)NCCOC(=O)C(=C)C. The van der Waals surface area contributed by atoms with Crippen molar-refractivity contribution in [2.24, 2.45) is 5.16 Å². The lowest BCUT2D eigenvalue weighted by molar-refractivity contribution is -0.138. The van der Waals surface area contributed by atoms with Crippen LogP contribution in [0.25, 0.3) is 0 Å². The number of carbonyl (C=O) groups is 2. The van der Waals surface area contributed by atoms with Crippen LogP contribution in [0.2, 0.25) is 0 Å². The number of carbonyl (C=O) groups excluding carboxylic acids is 2. The number of nitrogens with zero attached hydrogens (tertiary/aromatic N) is 1. The molecule has 0 atom stereocenters. The zero-order valence-electron chi connectivity index (χ0n) is 7.91. The third-order valence-corrected chi connectivity index (χ3v) is 1.10. The van der Waals surface area contributed by atoms with Gasteiger partial charge in [-0.05, 0) is 6.92 Å². The van der Waals surface area contributed by atoms with Crippen molar-refractivity contribution in [1.29, 1.82) is 0 Å². The summed E-state index contributed by atoms with van der Waals surface area (Å²) in [5.74, 6) is -0.498. The summed E-state index contributed by atoms with van der Waals surface area (Å²) in [6.07, 6.45) is -0.744. The molecule has 0 saturated heterocycles. The standard InChI is InChI=1S/C8H12N2O4/c1-6(2)7(11)13-5-4-10-8(12)14-9-3/h1,3-5H2,2H3,(H,10,12). The summed E-state index contributed by atoms with van der Waals surface area (Å²) in [6.45, 7) is 8.07. The maximum atomic E-state index is 10.8. The second-order valence-corrected chi connectivity index (χ2v) is 2.35. The Morgan fingerprint density at radius 2 is 2.14 bits per heavy atom. The molecule has 1 N–H and O–H groups in total. The van der Waals surface area contributed by atoms with Crippen LogP contribution < -0.4 is 5.32 Å². The first-order chi connectivity index (χ1) is 6.57. The predicted octanol–water partition coefficient (Wildman–Crippen LogP) is 0.448. The van der Waals surface area contributed by atoms with Gasteiger partial charge in [-0.15, -0.1) is 0 Å². The van der Waals surface area contributed by atoms with Gasteiger partial charge in [0, 0.05) is 12.3 Å². The Hall–Kier alpha value is -1.85. The lowest BCUT2D eigenvalue weighted by Crippen LogP contribution is -2.27. The van der Waals surface area contributed by atoms with Crippen LogP contribution in [-0.2, 0) is 14.4 Å². The van der Waals surface area contributed by atoms with Gasteiger partial charge in [-0.3, -0.25) is 4.84 Å². The maximum absolute atomic E-state index is 10.8. The van der Waals surface area contributed by atoms with Gasteiger partial charge < -0.3 is 10.1 Å². The first-order valence-electron chi connectivity index (χ1n) is 3.81. The van der Waals surface area contributed by atoms with Crippen molar-refractivity contribution in [1.82, 2.24) is 5.32 Å². The Balaban J connectivity index is 3.47. The number of hydrogen-bond donors (Lipinski definition) is 1. The Morgan fingerprint density at radius 3 is 2.64 bits per heavy atom. The molecule has 78 valence electrons. The van der Waals surface area contributed by atoms with E-state index >= 15 is 0 Å². The Kier molecular flexibility index (Phi) is 5.77. The average molecular weight is 200 g/mol. The maximum Gasteiger partial charge on any atom is 0.433 e. The highest BCUT2D eigenvalue weighted by Crippen LogP contribution is 1.90. The van der Waals surface area contributed by atoms with Gasteiger partial charge in [-0.2, -0.15) is 0 Å². The van der Waals surface area contributed by atoms with Crippen LogP contribution in [0.3, 0.4) is 0 Å². The number of rotatable bonds is 5. The zero-order chi connectivity index (χ0) is 11.0. The molecule has 0 spiro atoms. The van der Waals surface area contributed by atoms with Crippen molar-refractivity contribution in [3.63, 3.8) is 0 Å². The predicted molar refractivity (Wildman–Crippen MR) is 49.8 cm³/mol. The van der Waals surface area contributed by atoms with Crippen LogP contribution in [0.1, 0.15) is 6.92 Å². The fourth-order valence-electron chi connectivity index (χ4n) is 0.511. The van der Waals surface area contributed by atoms with E-state index in [1.165, 1.54) is 6.92 Å². The molecule has 0 heterocycles. The Bertz CT molecular complexity index is 250. The van der Waals surface area contributed by atoms with E-state index in [4.69, 9.17) is 0 Å². The molecule has 6 heteroatoms. The van der Waals surface area contributed by atoms with Crippen molar-refractivity contribution in [3.8, 4) is 0 Å². The average Bonchev–Trinajstić information content (AvgIpc) is 2.12. The fraction of sp³-hybridized carbons (Fsp3) is 0.375. The van der Waals surface area contributed by atoms with Gasteiger partial charge in [0.1, 0.15) is 6.61 Å². The third kappa shape index (κ3) is 5.76. The molecule has 6 nitrogen and oxygen atoms in total. The van der Waals surface area contributed by atoms with Crippen molar-refractivity contribution in [2.75, 3.05) is 13.2 Å². The number of nitrogens with one attached hydrogen (secondary N) is 1. The Labute approximate surface area is 81.6 Å². The second-order valence-electron chi connectivity index (χ2n) is 2.35. The topological polar surface area (TPSA) is 77.0 Å². The third-order valence-electron chi connectivity index (χ3n) is 1.10. The van der Waals surface area contributed by atoms with Gasteiger partial charge in [0.15, 0.2) is 0 Å². The summed E-state index contributed by atoms with van der Waals surface area (Å²) in [7, 11) is 0. The van der Waals surface area contributed by atoms with Crippen LogP contribution in [0.4, 0.5) is 4.79 Å². The fourth-order valence-corrected chi connectivity index (χ4v) is 0.511. The van der Waals surface area contributed by atoms with Crippen molar-refractivity contribution < 1.29 is 19.2 Å². The summed E-state index contributed by atoms with van der Waals surface area (Å²) >= 11 is 0. The highest BCUT2D eigenvalue weighted by Gasteiger charge is 2.03. The summed E-state index contributed by atoms with van der Waals surface area (Å²) in [5.41, 5.74) is 0.306. The van der Waals surface area contributed by atoms with E-state index in [0.717, 1.165) is 0 Å². The number of esters is 1. The summed E-state index contributed by atoms with van der Waals surface area (Å²) in [6, 6.07) is 0. The summed E-state index contributed by atoms with van der Waals surface area (Å²) < 4.78 is 4.68. The highest BCUT2D eigenvalue weighted by atomic mass is 16.7. The second kappa shape index (κ2) is 6.64. The largest absolute Gasteiger partial charge is 0.460 e. The van der Waals surface area contributed by atoms with Crippen LogP contribution >= 0.6 is 0 Å². The molecule has 0 aromatic rings. The van der Waals surface area contributed by atoms with Crippen LogP contribution in [0.15, 0.2) is 17.3 Å². The van der Waals surface area contributed by atoms with Crippen molar-refractivity contribution in [2.45, 2.75) is 6.92 Å². The van der Waals surface area contributed by atoms with Gasteiger partial charge in [0.05, 0.1) is 6.54 Å². The van der Waals surface area contributed by atoms with E-state index in [1.54, 1.807) is 0 Å². The first kappa shape index (κ1) is 12.2.